The average Bonchev–Trinajstić information content (AvgIpc) is 1.68. The Balaban J connectivity index is 0.000000316. The number of ketones is 5. The number of phenols is 4. The number of nitrogens with zero attached hydrogens (tertiary/aromatic N) is 2. The van der Waals surface area contributed by atoms with E-state index in [4.69, 9.17) is 52.0 Å². The highest BCUT2D eigenvalue weighted by atomic mass is 16.5. The first-order valence-electron chi connectivity index (χ1n) is 32.2. The first-order chi connectivity index (χ1) is 49.6. The largest absolute Gasteiger partial charge is 0.507 e. The molecule has 0 fully saturated rings. The van der Waals surface area contributed by atoms with E-state index in [1.54, 1.807) is 100 Å². The molecular formula is C81H94N2O21. The molecule has 0 bridgehead atoms. The Morgan fingerprint density at radius 3 is 1.19 bits per heavy atom. The minimum atomic E-state index is -0.833. The third kappa shape index (κ3) is 24.1. The number of aliphatic hydroxyl groups excluding tert-OH is 2. The van der Waals surface area contributed by atoms with Crippen molar-refractivity contribution in [1.82, 2.24) is 10.3 Å². The Morgan fingerprint density at radius 1 is 0.423 bits per heavy atom. The molecule has 0 aliphatic carbocycles. The van der Waals surface area contributed by atoms with Crippen molar-refractivity contribution < 1.29 is 102 Å². The van der Waals surface area contributed by atoms with Gasteiger partial charge in [-0.1, -0.05) is 47.3 Å². The second-order valence-electron chi connectivity index (χ2n) is 22.4. The number of ether oxygens (including phenoxy) is 8. The van der Waals surface area contributed by atoms with Gasteiger partial charge in [0.25, 0.3) is 0 Å². The molecule has 6 N–H and O–H groups in total. The molecule has 23 heteroatoms. The number of fused-ring (bicyclic) bond motifs is 2. The average molecular weight is 1430 g/mol. The van der Waals surface area contributed by atoms with E-state index >= 15 is 0 Å². The third-order valence-electron chi connectivity index (χ3n) is 15.2. The van der Waals surface area contributed by atoms with Gasteiger partial charge in [-0.25, -0.2) is 0 Å². The van der Waals surface area contributed by atoms with E-state index in [0.29, 0.717) is 111 Å². The summed E-state index contributed by atoms with van der Waals surface area (Å²) in [6.45, 7) is 29.1. The van der Waals surface area contributed by atoms with E-state index in [1.807, 2.05) is 44.2 Å². The van der Waals surface area contributed by atoms with Crippen LogP contribution in [0.2, 0.25) is 0 Å². The van der Waals surface area contributed by atoms with Gasteiger partial charge in [-0.2, -0.15) is 0 Å². The monoisotopic (exact) mass is 1430 g/mol. The van der Waals surface area contributed by atoms with E-state index in [-0.39, 0.29) is 64.9 Å². The number of phenolic OH excluding ortho intramolecular Hbond substituents is 4. The van der Waals surface area contributed by atoms with E-state index in [0.717, 1.165) is 56.6 Å². The lowest BCUT2D eigenvalue weighted by atomic mass is 10.0. The fraction of sp³-hybridized carbons (Fsp3) is 0.272. The summed E-state index contributed by atoms with van der Waals surface area (Å²) in [5.74, 6) is 4.08. The molecule has 9 aromatic rings. The summed E-state index contributed by atoms with van der Waals surface area (Å²) in [6.07, 6.45) is 10.2. The number of benzene rings is 7. The molecule has 1 atom stereocenters. The summed E-state index contributed by atoms with van der Waals surface area (Å²) >= 11 is 0. The second-order valence-corrected chi connectivity index (χ2v) is 22.4. The zero-order chi connectivity index (χ0) is 77.9. The lowest BCUT2D eigenvalue weighted by molar-refractivity contribution is 0.0950. The maximum atomic E-state index is 11.3. The smallest absolute Gasteiger partial charge is 0.174 e. The van der Waals surface area contributed by atoms with E-state index in [1.165, 1.54) is 81.3 Å². The zero-order valence-electron chi connectivity index (χ0n) is 61.4. The van der Waals surface area contributed by atoms with Crippen LogP contribution in [0.5, 0.6) is 69.0 Å². The molecule has 1 unspecified atom stereocenters. The number of aromatic nitrogens is 2. The molecule has 2 aromatic heterocycles. The van der Waals surface area contributed by atoms with E-state index in [9.17, 15) is 49.5 Å². The minimum absolute atomic E-state index is 0.0123. The predicted octanol–water partition coefficient (Wildman–Crippen LogP) is 15.0. The van der Waals surface area contributed by atoms with Crippen LogP contribution in [0.25, 0.3) is 21.9 Å². The normalized spacial score (nSPS) is 10.3. The van der Waals surface area contributed by atoms with Crippen LogP contribution in [-0.4, -0.2) is 139 Å². The first kappa shape index (κ1) is 86.3. The third-order valence-corrected chi connectivity index (χ3v) is 15.2. The lowest BCUT2D eigenvalue weighted by Gasteiger charge is -2.11. The maximum absolute atomic E-state index is 11.3. The molecule has 0 saturated heterocycles. The van der Waals surface area contributed by atoms with Crippen molar-refractivity contribution in [2.24, 2.45) is 0 Å². The molecule has 0 spiro atoms. The van der Waals surface area contributed by atoms with Gasteiger partial charge < -0.3 is 77.6 Å². The molecule has 23 nitrogen and oxygen atoms in total. The fourth-order valence-electron chi connectivity index (χ4n) is 9.93. The SMILES string of the molecule is C=CCOc1cc(OC)ccc1C(C)=O.C=CCc1c(OC)ccc(C(C)=O)c1O.C=CCc1c(OC)ccc(C(C)=O)c1O.C=CCc1c(OC)ccc2c(C)noc12.C=CCc1cc(C(C)=O)c(O)cc1OC.COc1ccc(C(C)=O)c(O)c1.COc1ccc2c(C)noc2c1CC(O)CO. The van der Waals surface area contributed by atoms with Gasteiger partial charge in [0, 0.05) is 57.6 Å². The maximum Gasteiger partial charge on any atom is 0.174 e. The molecule has 2 heterocycles. The van der Waals surface area contributed by atoms with E-state index < -0.39 is 6.10 Å². The summed E-state index contributed by atoms with van der Waals surface area (Å²) in [4.78, 5) is 55.7. The van der Waals surface area contributed by atoms with Crippen LogP contribution in [0.4, 0.5) is 0 Å². The number of carbonyl (C=O) groups is 5. The number of Topliss-reactive ketones (excluding diaryl/α,β-unsaturated/α-hetero) is 5. The van der Waals surface area contributed by atoms with Crippen molar-refractivity contribution in [1.29, 1.82) is 0 Å². The van der Waals surface area contributed by atoms with Gasteiger partial charge in [-0.3, -0.25) is 24.0 Å². The summed E-state index contributed by atoms with van der Waals surface area (Å²) in [5.41, 5.74) is 8.68. The highest BCUT2D eigenvalue weighted by molar-refractivity contribution is 5.99. The van der Waals surface area contributed by atoms with Crippen molar-refractivity contribution in [2.45, 2.75) is 86.7 Å². The number of aryl methyl sites for hydroxylation is 2. The Morgan fingerprint density at radius 2 is 0.798 bits per heavy atom. The molecule has 9 rings (SSSR count). The number of carbonyl (C=O) groups excluding carboxylic acids is 5. The second kappa shape index (κ2) is 43.7. The molecule has 0 amide bonds. The molecule has 0 aliphatic rings. The van der Waals surface area contributed by atoms with Gasteiger partial charge in [-0.05, 0) is 159 Å². The Hall–Kier alpha value is -12.0. The summed E-state index contributed by atoms with van der Waals surface area (Å²) < 4.78 is 51.6. The minimum Gasteiger partial charge on any atom is -0.507 e. The summed E-state index contributed by atoms with van der Waals surface area (Å²) in [6, 6.07) is 26.9. The van der Waals surface area contributed by atoms with Crippen LogP contribution >= 0.6 is 0 Å². The Bertz CT molecular complexity index is 4350. The topological polar surface area (TPSA) is 333 Å². The van der Waals surface area contributed by atoms with Crippen molar-refractivity contribution in [3.8, 4) is 69.0 Å². The van der Waals surface area contributed by atoms with Gasteiger partial charge in [-0.15, -0.1) is 26.3 Å². The van der Waals surface area contributed by atoms with Crippen LogP contribution < -0.4 is 37.9 Å². The standard InChI is InChI=1S/C12H15NO4.C12H13NO2.4C12H14O3.C9H10O3/c1-7-9-3-4-11(16-2)10(5-8(15)6-14)12(9)17-13-7;1-4-5-10-11(14-3)7-6-9-8(2)13-15-12(9)10;1-4-7-15-12-8-10(14-3)5-6-11(12)9(2)13;1-4-5-9-6-10(8(2)13)11(14)7-12(9)15-3;2*1-4-5-10-11(15-3)7-6-9(8(2)13)12(10)14;1-6(10)8-4-3-7(12-2)5-9(8)11/h3-4,8,14-15H,5-6H2,1-2H3;4,6-7H,1,5H2,2-3H3;4-6,8H,1,7H2,2-3H3;3*4,6-7,14H,1,5H2,2-3H3;3-5,11H,1-2H3. The number of hydrogen-bond donors (Lipinski definition) is 6. The number of methoxy groups -OCH3 is 7. The van der Waals surface area contributed by atoms with Crippen LogP contribution in [0.15, 0.2) is 169 Å². The lowest BCUT2D eigenvalue weighted by Crippen LogP contribution is -2.15. The van der Waals surface area contributed by atoms with Gasteiger partial charge >= 0.3 is 0 Å². The van der Waals surface area contributed by atoms with Crippen LogP contribution in [0.3, 0.4) is 0 Å². The summed E-state index contributed by atoms with van der Waals surface area (Å²) in [7, 11) is 10.8. The van der Waals surface area contributed by atoms with Crippen LogP contribution in [0, 0.1) is 13.8 Å². The van der Waals surface area contributed by atoms with Gasteiger partial charge in [0.15, 0.2) is 40.1 Å². The number of allylic oxidation sites excluding steroid dienone is 4. The fourth-order valence-corrected chi connectivity index (χ4v) is 9.93. The highest BCUT2D eigenvalue weighted by Crippen LogP contribution is 2.36. The number of rotatable bonds is 26. The van der Waals surface area contributed by atoms with Crippen molar-refractivity contribution in [2.75, 3.05) is 63.0 Å². The Kier molecular flexibility index (Phi) is 36.2. The number of hydrogen-bond acceptors (Lipinski definition) is 23. The van der Waals surface area contributed by atoms with Gasteiger partial charge in [0.1, 0.15) is 75.6 Å². The Labute approximate surface area is 606 Å². The molecule has 104 heavy (non-hydrogen) atoms. The number of aromatic hydroxyl groups is 4. The summed E-state index contributed by atoms with van der Waals surface area (Å²) in [5, 5.41) is 66.8. The van der Waals surface area contributed by atoms with Gasteiger partial charge in [0.05, 0.1) is 102 Å². The van der Waals surface area contributed by atoms with Crippen LogP contribution in [0.1, 0.15) is 126 Å². The molecule has 554 valence electrons. The van der Waals surface area contributed by atoms with Crippen molar-refractivity contribution in [3.05, 3.63) is 227 Å². The van der Waals surface area contributed by atoms with Gasteiger partial charge in [0.2, 0.25) is 0 Å². The zero-order valence-corrected chi connectivity index (χ0v) is 61.4. The van der Waals surface area contributed by atoms with Crippen LogP contribution in [-0.2, 0) is 32.1 Å². The van der Waals surface area contributed by atoms with Crippen molar-refractivity contribution in [3.63, 3.8) is 0 Å². The molecule has 7 aromatic carbocycles. The van der Waals surface area contributed by atoms with E-state index in [2.05, 4.69) is 43.2 Å². The molecule has 0 saturated carbocycles. The molecular weight excluding hydrogens is 1340 g/mol. The number of aliphatic hydroxyl groups is 2. The predicted molar refractivity (Wildman–Crippen MR) is 400 cm³/mol. The molecule has 0 aliphatic heterocycles. The first-order valence-corrected chi connectivity index (χ1v) is 32.2. The molecule has 0 radical (unpaired) electrons. The highest BCUT2D eigenvalue weighted by Gasteiger charge is 2.20. The quantitative estimate of drug-likeness (QED) is 0.0217. The van der Waals surface area contributed by atoms with Crippen molar-refractivity contribution >= 4 is 50.9 Å².